The largest absolute Gasteiger partial charge is 0.378 e. The van der Waals surface area contributed by atoms with Crippen molar-refractivity contribution in [2.24, 2.45) is 17.1 Å². The SMILES string of the molecule is CC1(C)CCC(C(N)CCCC2CCCO2)CC1. The summed E-state index contributed by atoms with van der Waals surface area (Å²) in [5.41, 5.74) is 6.94. The fourth-order valence-electron chi connectivity index (χ4n) is 3.54. The van der Waals surface area contributed by atoms with E-state index < -0.39 is 0 Å². The van der Waals surface area contributed by atoms with Crippen LogP contribution in [0.4, 0.5) is 0 Å². The molecule has 1 saturated heterocycles. The molecule has 2 rings (SSSR count). The van der Waals surface area contributed by atoms with Gasteiger partial charge in [-0.15, -0.1) is 0 Å². The Morgan fingerprint density at radius 1 is 1.22 bits per heavy atom. The van der Waals surface area contributed by atoms with E-state index in [0.29, 0.717) is 17.6 Å². The molecular weight excluding hydrogens is 222 g/mol. The molecule has 0 amide bonds. The van der Waals surface area contributed by atoms with Gasteiger partial charge in [0.05, 0.1) is 6.10 Å². The first-order valence-electron chi connectivity index (χ1n) is 7.94. The maximum Gasteiger partial charge on any atom is 0.0576 e. The van der Waals surface area contributed by atoms with Gasteiger partial charge >= 0.3 is 0 Å². The van der Waals surface area contributed by atoms with Gasteiger partial charge in [0.25, 0.3) is 0 Å². The van der Waals surface area contributed by atoms with E-state index in [1.807, 2.05) is 0 Å². The second-order valence-electron chi connectivity index (χ2n) is 7.23. The van der Waals surface area contributed by atoms with E-state index in [4.69, 9.17) is 10.5 Å². The third-order valence-electron chi connectivity index (χ3n) is 5.08. The van der Waals surface area contributed by atoms with E-state index >= 15 is 0 Å². The summed E-state index contributed by atoms with van der Waals surface area (Å²) in [6.45, 7) is 5.77. The van der Waals surface area contributed by atoms with E-state index in [1.54, 1.807) is 0 Å². The molecule has 0 aromatic rings. The molecule has 2 atom stereocenters. The second kappa shape index (κ2) is 6.38. The van der Waals surface area contributed by atoms with Gasteiger partial charge in [-0.3, -0.25) is 0 Å². The minimum absolute atomic E-state index is 0.433. The lowest BCUT2D eigenvalue weighted by Crippen LogP contribution is -2.35. The summed E-state index contributed by atoms with van der Waals surface area (Å²) in [5.74, 6) is 0.780. The molecule has 0 bridgehead atoms. The van der Waals surface area contributed by atoms with Crippen molar-refractivity contribution in [3.63, 3.8) is 0 Å². The van der Waals surface area contributed by atoms with Gasteiger partial charge in [-0.05, 0) is 69.1 Å². The van der Waals surface area contributed by atoms with Crippen LogP contribution in [0.5, 0.6) is 0 Å². The molecule has 0 radical (unpaired) electrons. The van der Waals surface area contributed by atoms with Crippen molar-refractivity contribution < 1.29 is 4.74 Å². The zero-order valence-electron chi connectivity index (χ0n) is 12.3. The molecule has 1 heterocycles. The summed E-state index contributed by atoms with van der Waals surface area (Å²) in [4.78, 5) is 0. The standard InChI is InChI=1S/C16H31NO/c1-16(2)10-8-13(9-11-16)15(17)7-3-5-14-6-4-12-18-14/h13-15H,3-12,17H2,1-2H3. The minimum atomic E-state index is 0.433. The first-order valence-corrected chi connectivity index (χ1v) is 7.94. The van der Waals surface area contributed by atoms with Crippen molar-refractivity contribution >= 4 is 0 Å². The molecular formula is C16H31NO. The molecule has 2 N–H and O–H groups in total. The molecule has 2 unspecified atom stereocenters. The van der Waals surface area contributed by atoms with E-state index in [0.717, 1.165) is 12.5 Å². The molecule has 2 heteroatoms. The highest BCUT2D eigenvalue weighted by molar-refractivity contribution is 4.83. The average molecular weight is 253 g/mol. The highest BCUT2D eigenvalue weighted by Gasteiger charge is 2.29. The Balaban J connectivity index is 1.61. The van der Waals surface area contributed by atoms with Crippen LogP contribution in [0.1, 0.15) is 71.6 Å². The third-order valence-corrected chi connectivity index (χ3v) is 5.08. The van der Waals surface area contributed by atoms with Crippen LogP contribution in [0.25, 0.3) is 0 Å². The zero-order valence-corrected chi connectivity index (χ0v) is 12.3. The van der Waals surface area contributed by atoms with Gasteiger partial charge in [-0.1, -0.05) is 13.8 Å². The Morgan fingerprint density at radius 3 is 2.56 bits per heavy atom. The molecule has 0 aromatic heterocycles. The number of hydrogen-bond donors (Lipinski definition) is 1. The van der Waals surface area contributed by atoms with Crippen molar-refractivity contribution in [3.8, 4) is 0 Å². The summed E-state index contributed by atoms with van der Waals surface area (Å²) in [5, 5.41) is 0. The van der Waals surface area contributed by atoms with Gasteiger partial charge in [0.2, 0.25) is 0 Å². The van der Waals surface area contributed by atoms with Crippen molar-refractivity contribution in [2.75, 3.05) is 6.61 Å². The van der Waals surface area contributed by atoms with Crippen LogP contribution in [0, 0.1) is 11.3 Å². The van der Waals surface area contributed by atoms with E-state index in [-0.39, 0.29) is 0 Å². The molecule has 2 aliphatic rings. The lowest BCUT2D eigenvalue weighted by Gasteiger charge is -2.37. The Hall–Kier alpha value is -0.0800. The first-order chi connectivity index (χ1) is 8.57. The van der Waals surface area contributed by atoms with Crippen LogP contribution in [0.15, 0.2) is 0 Å². The summed E-state index contributed by atoms with van der Waals surface area (Å²) >= 11 is 0. The molecule has 2 nitrogen and oxygen atoms in total. The predicted octanol–water partition coefficient (Wildman–Crippen LogP) is 3.88. The maximum atomic E-state index is 6.38. The minimum Gasteiger partial charge on any atom is -0.378 e. The summed E-state index contributed by atoms with van der Waals surface area (Å²) in [6, 6.07) is 0.433. The Bertz CT molecular complexity index is 235. The average Bonchev–Trinajstić information content (AvgIpc) is 2.82. The lowest BCUT2D eigenvalue weighted by molar-refractivity contribution is 0.0997. The summed E-state index contributed by atoms with van der Waals surface area (Å²) < 4.78 is 5.67. The molecule has 0 aromatic carbocycles. The van der Waals surface area contributed by atoms with Gasteiger partial charge in [0.15, 0.2) is 0 Å². The quantitative estimate of drug-likeness (QED) is 0.807. The van der Waals surface area contributed by atoms with Crippen LogP contribution < -0.4 is 5.73 Å². The monoisotopic (exact) mass is 253 g/mol. The third kappa shape index (κ3) is 4.24. The van der Waals surface area contributed by atoms with E-state index in [9.17, 15) is 0 Å². The van der Waals surface area contributed by atoms with E-state index in [1.165, 1.54) is 57.8 Å². The summed E-state index contributed by atoms with van der Waals surface area (Å²) in [6.07, 6.45) is 12.2. The predicted molar refractivity (Wildman–Crippen MR) is 76.5 cm³/mol. The molecule has 2 fully saturated rings. The van der Waals surface area contributed by atoms with Crippen LogP contribution in [-0.2, 0) is 4.74 Å². The Kier molecular flexibility index (Phi) is 5.08. The lowest BCUT2D eigenvalue weighted by atomic mass is 9.70. The van der Waals surface area contributed by atoms with Gasteiger partial charge in [-0.2, -0.15) is 0 Å². The van der Waals surface area contributed by atoms with Crippen LogP contribution in [0.2, 0.25) is 0 Å². The number of rotatable bonds is 5. The second-order valence-corrected chi connectivity index (χ2v) is 7.23. The van der Waals surface area contributed by atoms with Crippen molar-refractivity contribution in [1.29, 1.82) is 0 Å². The van der Waals surface area contributed by atoms with Crippen molar-refractivity contribution in [1.82, 2.24) is 0 Å². The van der Waals surface area contributed by atoms with E-state index in [2.05, 4.69) is 13.8 Å². The highest BCUT2D eigenvalue weighted by atomic mass is 16.5. The normalized spacial score (nSPS) is 30.5. The molecule has 1 saturated carbocycles. The number of nitrogens with two attached hydrogens (primary N) is 1. The molecule has 0 spiro atoms. The number of ether oxygens (including phenoxy) is 1. The van der Waals surface area contributed by atoms with Crippen molar-refractivity contribution in [3.05, 3.63) is 0 Å². The van der Waals surface area contributed by atoms with Crippen LogP contribution >= 0.6 is 0 Å². The highest BCUT2D eigenvalue weighted by Crippen LogP contribution is 2.39. The molecule has 106 valence electrons. The maximum absolute atomic E-state index is 6.38. The van der Waals surface area contributed by atoms with Gasteiger partial charge < -0.3 is 10.5 Å². The van der Waals surface area contributed by atoms with Gasteiger partial charge in [0.1, 0.15) is 0 Å². The fourth-order valence-corrected chi connectivity index (χ4v) is 3.54. The fraction of sp³-hybridized carbons (Fsp3) is 1.00. The first kappa shape index (κ1) is 14.3. The van der Waals surface area contributed by atoms with Crippen LogP contribution in [0.3, 0.4) is 0 Å². The molecule has 18 heavy (non-hydrogen) atoms. The summed E-state index contributed by atoms with van der Waals surface area (Å²) in [7, 11) is 0. The smallest absolute Gasteiger partial charge is 0.0576 e. The molecule has 1 aliphatic carbocycles. The number of hydrogen-bond acceptors (Lipinski definition) is 2. The van der Waals surface area contributed by atoms with Gasteiger partial charge in [-0.25, -0.2) is 0 Å². The topological polar surface area (TPSA) is 35.2 Å². The van der Waals surface area contributed by atoms with Gasteiger partial charge in [0, 0.05) is 12.6 Å². The Morgan fingerprint density at radius 2 is 1.94 bits per heavy atom. The zero-order chi connectivity index (χ0) is 13.0. The Labute approximate surface area is 113 Å². The van der Waals surface area contributed by atoms with Crippen LogP contribution in [-0.4, -0.2) is 18.8 Å². The molecule has 1 aliphatic heterocycles. The van der Waals surface area contributed by atoms with Crippen molar-refractivity contribution in [2.45, 2.75) is 83.8 Å².